The summed E-state index contributed by atoms with van der Waals surface area (Å²) in [5.41, 5.74) is 2.17. The Morgan fingerprint density at radius 2 is 1.92 bits per heavy atom. The van der Waals surface area contributed by atoms with Gasteiger partial charge in [0.1, 0.15) is 11.5 Å². The maximum Gasteiger partial charge on any atom is 0.251 e. The molecule has 2 heterocycles. The normalized spacial score (nSPS) is 15.9. The van der Waals surface area contributed by atoms with Gasteiger partial charge in [0.2, 0.25) is 0 Å². The van der Waals surface area contributed by atoms with Gasteiger partial charge in [0.25, 0.3) is 5.91 Å². The number of carbonyl (C=O) groups excluding carboxylic acids is 4. The molecule has 1 aromatic carbocycles. The molecule has 1 aliphatic carbocycles. The molecule has 38 heavy (non-hydrogen) atoms. The largest absolute Gasteiger partial charge is 0.458 e. The van der Waals surface area contributed by atoms with Crippen LogP contribution in [0.4, 0.5) is 0 Å². The van der Waals surface area contributed by atoms with E-state index in [1.165, 1.54) is 25.2 Å². The van der Waals surface area contributed by atoms with Gasteiger partial charge < -0.3 is 15.4 Å². The van der Waals surface area contributed by atoms with Crippen LogP contribution in [0.15, 0.2) is 48.3 Å². The number of aryl methyl sites for hydroxylation is 1. The molecule has 0 spiro atoms. The van der Waals surface area contributed by atoms with Crippen LogP contribution in [-0.2, 0) is 29.0 Å². The van der Waals surface area contributed by atoms with Crippen LogP contribution in [0.5, 0.6) is 5.75 Å². The Morgan fingerprint density at radius 1 is 1.13 bits per heavy atom. The molecular formula is C30H36N2O5S. The fourth-order valence-electron chi connectivity index (χ4n) is 4.44. The summed E-state index contributed by atoms with van der Waals surface area (Å²) in [7, 11) is 0. The summed E-state index contributed by atoms with van der Waals surface area (Å²) in [6.07, 6.45) is 9.07. The van der Waals surface area contributed by atoms with Crippen molar-refractivity contribution in [2.75, 3.05) is 6.54 Å². The number of ketones is 3. The van der Waals surface area contributed by atoms with Gasteiger partial charge in [-0.15, -0.1) is 11.3 Å². The first-order valence-corrected chi connectivity index (χ1v) is 14.0. The number of benzene rings is 1. The van der Waals surface area contributed by atoms with E-state index in [9.17, 15) is 19.2 Å². The molecule has 1 atom stereocenters. The summed E-state index contributed by atoms with van der Waals surface area (Å²) in [5.74, 6) is 0.280. The summed E-state index contributed by atoms with van der Waals surface area (Å²) < 4.78 is 5.88. The highest BCUT2D eigenvalue weighted by Crippen LogP contribution is 2.33. The molecule has 1 aromatic heterocycles. The lowest BCUT2D eigenvalue weighted by molar-refractivity contribution is -0.135. The number of ether oxygens (including phenoxy) is 1. The van der Waals surface area contributed by atoms with Crippen molar-refractivity contribution in [1.82, 2.24) is 10.6 Å². The van der Waals surface area contributed by atoms with E-state index in [-0.39, 0.29) is 24.2 Å². The Balaban J connectivity index is 0.00000195. The number of rotatable bonds is 10. The quantitative estimate of drug-likeness (QED) is 0.323. The fraction of sp³-hybridized carbons (Fsp3) is 0.400. The molecule has 2 N–H and O–H groups in total. The third kappa shape index (κ3) is 7.58. The zero-order valence-electron chi connectivity index (χ0n) is 22.5. The maximum atomic E-state index is 12.8. The average Bonchev–Trinajstić information content (AvgIpc) is 3.30. The summed E-state index contributed by atoms with van der Waals surface area (Å²) in [5, 5.41) is 6.42. The molecule has 8 heteroatoms. The first-order valence-electron chi connectivity index (χ1n) is 13.2. The van der Waals surface area contributed by atoms with Gasteiger partial charge in [-0.05, 0) is 68.5 Å². The predicted octanol–water partition coefficient (Wildman–Crippen LogP) is 5.12. The minimum absolute atomic E-state index is 0.0298. The molecule has 0 saturated carbocycles. The van der Waals surface area contributed by atoms with Crippen LogP contribution >= 0.6 is 11.3 Å². The second-order valence-corrected chi connectivity index (χ2v) is 10.2. The first-order chi connectivity index (χ1) is 18.3. The highest BCUT2D eigenvalue weighted by molar-refractivity contribution is 7.12. The van der Waals surface area contributed by atoms with Gasteiger partial charge in [0.15, 0.2) is 17.3 Å². The van der Waals surface area contributed by atoms with Gasteiger partial charge in [-0.1, -0.05) is 26.0 Å². The monoisotopic (exact) mass is 536 g/mol. The van der Waals surface area contributed by atoms with Crippen molar-refractivity contribution in [3.05, 3.63) is 74.7 Å². The Labute approximate surface area is 228 Å². The van der Waals surface area contributed by atoms with Gasteiger partial charge in [-0.2, -0.15) is 0 Å². The van der Waals surface area contributed by atoms with Crippen LogP contribution in [0.2, 0.25) is 0 Å². The molecule has 1 amide bonds. The van der Waals surface area contributed by atoms with Crippen molar-refractivity contribution in [3.8, 4) is 5.75 Å². The molecule has 0 saturated heterocycles. The number of hydrogen-bond acceptors (Lipinski definition) is 7. The van der Waals surface area contributed by atoms with Crippen molar-refractivity contribution < 1.29 is 23.9 Å². The van der Waals surface area contributed by atoms with E-state index in [1.54, 1.807) is 18.2 Å². The predicted molar refractivity (Wildman–Crippen MR) is 150 cm³/mol. The third-order valence-electron chi connectivity index (χ3n) is 6.29. The smallest absolute Gasteiger partial charge is 0.251 e. The highest BCUT2D eigenvalue weighted by Gasteiger charge is 2.28. The summed E-state index contributed by atoms with van der Waals surface area (Å²) in [4.78, 5) is 50.3. The molecule has 2 aromatic rings. The number of thiophene rings is 1. The minimum atomic E-state index is -0.460. The van der Waals surface area contributed by atoms with Crippen LogP contribution in [-0.4, -0.2) is 35.8 Å². The van der Waals surface area contributed by atoms with E-state index in [0.29, 0.717) is 42.8 Å². The molecule has 7 nitrogen and oxygen atoms in total. The third-order valence-corrected chi connectivity index (χ3v) is 7.58. The molecule has 0 unspecified atom stereocenters. The number of nitrogens with one attached hydrogen (secondary N) is 2. The number of amides is 1. The Kier molecular flexibility index (Phi) is 10.7. The van der Waals surface area contributed by atoms with Crippen LogP contribution in [0.1, 0.15) is 83.0 Å². The lowest BCUT2D eigenvalue weighted by Crippen LogP contribution is -2.44. The summed E-state index contributed by atoms with van der Waals surface area (Å²) >= 11 is 1.53. The molecule has 0 bridgehead atoms. The number of fused-ring (bicyclic) bond motifs is 1. The summed E-state index contributed by atoms with van der Waals surface area (Å²) in [6.45, 7) is 7.80. The van der Waals surface area contributed by atoms with Crippen molar-refractivity contribution >= 4 is 34.6 Å². The SMILES string of the molecule is CC.CC(=O)C(=O)CCc1sc2c(c1C(C)=O)C[C@@H](CNC(=O)c1cccc(OC3=CCCC=C3)c1)NC2. The fourth-order valence-corrected chi connectivity index (χ4v) is 5.77. The van der Waals surface area contributed by atoms with Crippen LogP contribution in [0.3, 0.4) is 0 Å². The lowest BCUT2D eigenvalue weighted by Gasteiger charge is -2.25. The van der Waals surface area contributed by atoms with Gasteiger partial charge in [0, 0.05) is 53.4 Å². The highest BCUT2D eigenvalue weighted by atomic mass is 32.1. The molecule has 0 fully saturated rings. The molecule has 4 rings (SSSR count). The van der Waals surface area contributed by atoms with Crippen LogP contribution in [0.25, 0.3) is 0 Å². The standard InChI is InChI=1S/C28H30N2O5S.C2H6/c1-17(31)24(33)11-12-25-27(18(2)32)23-14-20(29-16-26(23)36-25)15-30-28(34)19-7-6-10-22(13-19)35-21-8-4-3-5-9-21;1-2/h4,6-10,13,20,29H,3,5,11-12,14-16H2,1-2H3,(H,30,34);1-2H3/t20-;/m0./s1. The second kappa shape index (κ2) is 14.0. The number of hydrogen-bond donors (Lipinski definition) is 2. The van der Waals surface area contributed by atoms with Crippen molar-refractivity contribution in [1.29, 1.82) is 0 Å². The molecule has 0 radical (unpaired) electrons. The summed E-state index contributed by atoms with van der Waals surface area (Å²) in [6, 6.07) is 7.07. The zero-order valence-corrected chi connectivity index (χ0v) is 23.3. The Bertz CT molecular complexity index is 1260. The van der Waals surface area contributed by atoms with Gasteiger partial charge >= 0.3 is 0 Å². The van der Waals surface area contributed by atoms with Crippen molar-refractivity contribution in [3.63, 3.8) is 0 Å². The van der Waals surface area contributed by atoms with E-state index in [0.717, 1.165) is 33.9 Å². The molecule has 2 aliphatic rings. The number of Topliss-reactive ketones (excluding diaryl/α,β-unsaturated/α-hetero) is 3. The lowest BCUT2D eigenvalue weighted by atomic mass is 9.94. The van der Waals surface area contributed by atoms with Crippen molar-refractivity contribution in [2.45, 2.75) is 72.4 Å². The van der Waals surface area contributed by atoms with Gasteiger partial charge in [0.05, 0.1) is 0 Å². The molecule has 1 aliphatic heterocycles. The average molecular weight is 537 g/mol. The zero-order chi connectivity index (χ0) is 27.7. The van der Waals surface area contributed by atoms with Gasteiger partial charge in [-0.25, -0.2) is 0 Å². The molecule has 202 valence electrons. The van der Waals surface area contributed by atoms with Crippen LogP contribution in [0, 0.1) is 0 Å². The van der Waals surface area contributed by atoms with Crippen LogP contribution < -0.4 is 15.4 Å². The second-order valence-electron chi connectivity index (χ2n) is 9.05. The van der Waals surface area contributed by atoms with E-state index >= 15 is 0 Å². The topological polar surface area (TPSA) is 102 Å². The maximum absolute atomic E-state index is 12.8. The Morgan fingerprint density at radius 3 is 2.61 bits per heavy atom. The van der Waals surface area contributed by atoms with Gasteiger partial charge in [-0.3, -0.25) is 19.2 Å². The number of carbonyl (C=O) groups is 4. The van der Waals surface area contributed by atoms with E-state index in [2.05, 4.69) is 16.7 Å². The van der Waals surface area contributed by atoms with E-state index < -0.39 is 11.6 Å². The van der Waals surface area contributed by atoms with E-state index in [4.69, 9.17) is 4.74 Å². The van der Waals surface area contributed by atoms with E-state index in [1.807, 2.05) is 32.1 Å². The minimum Gasteiger partial charge on any atom is -0.458 e. The first kappa shape index (κ1) is 29.2. The Hall–Kier alpha value is -3.36. The molecular weight excluding hydrogens is 500 g/mol. The van der Waals surface area contributed by atoms with Crippen molar-refractivity contribution in [2.24, 2.45) is 0 Å². The number of allylic oxidation sites excluding steroid dienone is 3.